The van der Waals surface area contributed by atoms with Gasteiger partial charge in [0.2, 0.25) is 10.0 Å². The molecule has 0 bridgehead atoms. The molecule has 1 unspecified atom stereocenters. The fourth-order valence-corrected chi connectivity index (χ4v) is 3.22. The minimum absolute atomic E-state index is 0.0400. The predicted octanol–water partition coefficient (Wildman–Crippen LogP) is 2.53. The second kappa shape index (κ2) is 10.2. The van der Waals surface area contributed by atoms with Crippen LogP contribution in [-0.2, 0) is 14.8 Å². The van der Waals surface area contributed by atoms with Crippen molar-refractivity contribution in [1.82, 2.24) is 4.72 Å². The standard InChI is InChI=1S/C12H26BrNO3S/c1-4-5-12(6-7-13)10-14-18(15,16)9-8-17-11(2)3/h11-12,14H,4-10H2,1-3H3. The third-order valence-electron chi connectivity index (χ3n) is 2.61. The Kier molecular flexibility index (Phi) is 10.4. The molecule has 18 heavy (non-hydrogen) atoms. The molecule has 0 aliphatic rings. The summed E-state index contributed by atoms with van der Waals surface area (Å²) in [6.07, 6.45) is 3.20. The Labute approximate surface area is 120 Å². The highest BCUT2D eigenvalue weighted by Crippen LogP contribution is 2.12. The van der Waals surface area contributed by atoms with Crippen molar-refractivity contribution in [2.45, 2.75) is 46.1 Å². The van der Waals surface area contributed by atoms with Crippen molar-refractivity contribution in [1.29, 1.82) is 0 Å². The number of rotatable bonds is 11. The second-order valence-electron chi connectivity index (χ2n) is 4.72. The van der Waals surface area contributed by atoms with Crippen LogP contribution in [0, 0.1) is 5.92 Å². The average molecular weight is 344 g/mol. The Morgan fingerprint density at radius 2 is 1.94 bits per heavy atom. The molecule has 0 aromatic rings. The molecule has 0 aliphatic heterocycles. The Balaban J connectivity index is 3.99. The summed E-state index contributed by atoms with van der Waals surface area (Å²) in [6, 6.07) is 0. The van der Waals surface area contributed by atoms with Gasteiger partial charge in [-0.3, -0.25) is 0 Å². The summed E-state index contributed by atoms with van der Waals surface area (Å²) in [7, 11) is -3.20. The molecule has 0 aromatic carbocycles. The van der Waals surface area contributed by atoms with Gasteiger partial charge in [-0.1, -0.05) is 29.3 Å². The molecule has 0 saturated carbocycles. The normalized spacial score (nSPS) is 14.1. The largest absolute Gasteiger partial charge is 0.378 e. The molecular weight excluding hydrogens is 318 g/mol. The quantitative estimate of drug-likeness (QED) is 0.586. The fourth-order valence-electron chi connectivity index (χ4n) is 1.62. The predicted molar refractivity (Wildman–Crippen MR) is 79.7 cm³/mol. The maximum atomic E-state index is 11.7. The number of alkyl halides is 1. The smallest absolute Gasteiger partial charge is 0.213 e. The van der Waals surface area contributed by atoms with Crippen LogP contribution in [0.15, 0.2) is 0 Å². The van der Waals surface area contributed by atoms with Crippen LogP contribution in [-0.4, -0.2) is 38.8 Å². The lowest BCUT2D eigenvalue weighted by molar-refractivity contribution is 0.0911. The SMILES string of the molecule is CCCC(CCBr)CNS(=O)(=O)CCOC(C)C. The van der Waals surface area contributed by atoms with Gasteiger partial charge in [-0.2, -0.15) is 0 Å². The van der Waals surface area contributed by atoms with Gasteiger partial charge in [-0.05, 0) is 32.6 Å². The van der Waals surface area contributed by atoms with Crippen LogP contribution in [0.1, 0.15) is 40.0 Å². The first-order chi connectivity index (χ1) is 8.41. The van der Waals surface area contributed by atoms with Gasteiger partial charge in [-0.25, -0.2) is 13.1 Å². The van der Waals surface area contributed by atoms with Crippen molar-refractivity contribution < 1.29 is 13.2 Å². The molecule has 0 fully saturated rings. The summed E-state index contributed by atoms with van der Waals surface area (Å²) in [4.78, 5) is 0. The molecule has 1 atom stereocenters. The number of halogens is 1. The Bertz CT molecular complexity index is 288. The minimum Gasteiger partial charge on any atom is -0.378 e. The molecule has 0 amide bonds. The number of ether oxygens (including phenoxy) is 1. The fraction of sp³-hybridized carbons (Fsp3) is 1.00. The third-order valence-corrected chi connectivity index (χ3v) is 4.38. The lowest BCUT2D eigenvalue weighted by Crippen LogP contribution is -2.33. The zero-order valence-corrected chi connectivity index (χ0v) is 14.0. The summed E-state index contributed by atoms with van der Waals surface area (Å²) in [5.41, 5.74) is 0. The molecule has 4 nitrogen and oxygen atoms in total. The van der Waals surface area contributed by atoms with Crippen LogP contribution in [0.4, 0.5) is 0 Å². The summed E-state index contributed by atoms with van der Waals surface area (Å²) >= 11 is 3.40. The van der Waals surface area contributed by atoms with Crippen molar-refractivity contribution in [2.24, 2.45) is 5.92 Å². The van der Waals surface area contributed by atoms with E-state index in [0.29, 0.717) is 12.5 Å². The van der Waals surface area contributed by atoms with Crippen LogP contribution in [0.5, 0.6) is 0 Å². The second-order valence-corrected chi connectivity index (χ2v) is 7.44. The number of sulfonamides is 1. The van der Waals surface area contributed by atoms with E-state index in [2.05, 4.69) is 27.6 Å². The lowest BCUT2D eigenvalue weighted by Gasteiger charge is -2.16. The Morgan fingerprint density at radius 1 is 1.28 bits per heavy atom. The van der Waals surface area contributed by atoms with E-state index in [4.69, 9.17) is 4.74 Å². The number of nitrogens with one attached hydrogen (secondary N) is 1. The summed E-state index contributed by atoms with van der Waals surface area (Å²) in [6.45, 7) is 6.69. The topological polar surface area (TPSA) is 55.4 Å². The lowest BCUT2D eigenvalue weighted by atomic mass is 10.0. The molecule has 0 spiro atoms. The van der Waals surface area contributed by atoms with Crippen molar-refractivity contribution >= 4 is 26.0 Å². The monoisotopic (exact) mass is 343 g/mol. The molecule has 0 heterocycles. The summed E-state index contributed by atoms with van der Waals surface area (Å²) < 4.78 is 31.4. The van der Waals surface area contributed by atoms with E-state index in [1.807, 2.05) is 13.8 Å². The number of hydrogen-bond acceptors (Lipinski definition) is 3. The van der Waals surface area contributed by atoms with Crippen molar-refractivity contribution in [3.63, 3.8) is 0 Å². The van der Waals surface area contributed by atoms with E-state index in [9.17, 15) is 8.42 Å². The van der Waals surface area contributed by atoms with E-state index in [1.165, 1.54) is 0 Å². The van der Waals surface area contributed by atoms with Crippen LogP contribution in [0.3, 0.4) is 0 Å². The zero-order chi connectivity index (χ0) is 14.0. The maximum absolute atomic E-state index is 11.7. The minimum atomic E-state index is -3.20. The Hall–Kier alpha value is 0.350. The van der Waals surface area contributed by atoms with Gasteiger partial charge >= 0.3 is 0 Å². The van der Waals surface area contributed by atoms with E-state index in [0.717, 1.165) is 24.6 Å². The summed E-state index contributed by atoms with van der Waals surface area (Å²) in [5.74, 6) is 0.452. The van der Waals surface area contributed by atoms with Crippen LogP contribution in [0.2, 0.25) is 0 Å². The van der Waals surface area contributed by atoms with Crippen LogP contribution >= 0.6 is 15.9 Å². The van der Waals surface area contributed by atoms with Gasteiger partial charge < -0.3 is 4.74 Å². The molecule has 0 rings (SSSR count). The van der Waals surface area contributed by atoms with E-state index >= 15 is 0 Å². The molecule has 1 N–H and O–H groups in total. The van der Waals surface area contributed by atoms with Crippen molar-refractivity contribution in [3.8, 4) is 0 Å². The molecule has 6 heteroatoms. The van der Waals surface area contributed by atoms with Gasteiger partial charge in [0.1, 0.15) is 0 Å². The molecule has 0 radical (unpaired) electrons. The first-order valence-corrected chi connectivity index (χ1v) is 9.33. The van der Waals surface area contributed by atoms with Gasteiger partial charge in [0, 0.05) is 11.9 Å². The van der Waals surface area contributed by atoms with Gasteiger partial charge in [0.05, 0.1) is 18.5 Å². The highest BCUT2D eigenvalue weighted by Gasteiger charge is 2.14. The number of hydrogen-bond donors (Lipinski definition) is 1. The van der Waals surface area contributed by atoms with E-state index < -0.39 is 10.0 Å². The molecule has 0 saturated heterocycles. The highest BCUT2D eigenvalue weighted by atomic mass is 79.9. The zero-order valence-electron chi connectivity index (χ0n) is 11.6. The third kappa shape index (κ3) is 10.3. The van der Waals surface area contributed by atoms with Gasteiger partial charge in [0.25, 0.3) is 0 Å². The molecule has 0 aliphatic carbocycles. The van der Waals surface area contributed by atoms with Crippen molar-refractivity contribution in [3.05, 3.63) is 0 Å². The molecule has 110 valence electrons. The maximum Gasteiger partial charge on any atom is 0.213 e. The Morgan fingerprint density at radius 3 is 2.44 bits per heavy atom. The van der Waals surface area contributed by atoms with Crippen LogP contribution in [0.25, 0.3) is 0 Å². The van der Waals surface area contributed by atoms with E-state index in [-0.39, 0.29) is 18.5 Å². The molecular formula is C12H26BrNO3S. The van der Waals surface area contributed by atoms with Gasteiger partial charge in [0.15, 0.2) is 0 Å². The van der Waals surface area contributed by atoms with E-state index in [1.54, 1.807) is 0 Å². The van der Waals surface area contributed by atoms with Crippen molar-refractivity contribution in [2.75, 3.05) is 24.2 Å². The average Bonchev–Trinajstić information content (AvgIpc) is 2.26. The summed E-state index contributed by atoms with van der Waals surface area (Å²) in [5, 5.41) is 0.913. The first kappa shape index (κ1) is 18.4. The highest BCUT2D eigenvalue weighted by molar-refractivity contribution is 9.09. The van der Waals surface area contributed by atoms with Crippen LogP contribution < -0.4 is 4.72 Å². The van der Waals surface area contributed by atoms with Gasteiger partial charge in [-0.15, -0.1) is 0 Å². The molecule has 0 aromatic heterocycles. The first-order valence-electron chi connectivity index (χ1n) is 6.56.